The van der Waals surface area contributed by atoms with Crippen LogP contribution in [-0.4, -0.2) is 12.6 Å². The van der Waals surface area contributed by atoms with E-state index in [2.05, 4.69) is 35.8 Å². The van der Waals surface area contributed by atoms with E-state index in [1.54, 1.807) is 7.11 Å². The standard InChI is InChI=1S/C13H18BrNO/c1-12(2,15)13(6-7-13)10-8-9(16-3)4-5-11(10)14/h4-5,8H,6-7,15H2,1-3H3. The summed E-state index contributed by atoms with van der Waals surface area (Å²) in [4.78, 5) is 0. The van der Waals surface area contributed by atoms with Crippen LogP contribution in [0.1, 0.15) is 32.3 Å². The molecule has 2 rings (SSSR count). The summed E-state index contributed by atoms with van der Waals surface area (Å²) in [5.74, 6) is 0.897. The van der Waals surface area contributed by atoms with Crippen molar-refractivity contribution in [3.05, 3.63) is 28.2 Å². The lowest BCUT2D eigenvalue weighted by atomic mass is 9.79. The predicted molar refractivity (Wildman–Crippen MR) is 69.9 cm³/mol. The number of benzene rings is 1. The topological polar surface area (TPSA) is 35.2 Å². The molecule has 2 N–H and O–H groups in total. The average Bonchev–Trinajstić information content (AvgIpc) is 2.98. The molecule has 1 saturated carbocycles. The van der Waals surface area contributed by atoms with Crippen molar-refractivity contribution >= 4 is 15.9 Å². The molecule has 0 unspecified atom stereocenters. The van der Waals surface area contributed by atoms with E-state index in [0.29, 0.717) is 0 Å². The average molecular weight is 284 g/mol. The maximum atomic E-state index is 6.31. The minimum atomic E-state index is -0.193. The zero-order chi connectivity index (χ0) is 12.0. The molecule has 0 spiro atoms. The van der Waals surface area contributed by atoms with Crippen LogP contribution in [-0.2, 0) is 5.41 Å². The summed E-state index contributed by atoms with van der Waals surface area (Å²) in [6.45, 7) is 4.21. The van der Waals surface area contributed by atoms with Gasteiger partial charge in [-0.05, 0) is 50.5 Å². The van der Waals surface area contributed by atoms with Crippen LogP contribution in [0.5, 0.6) is 5.75 Å². The summed E-state index contributed by atoms with van der Waals surface area (Å²) in [6.07, 6.45) is 2.31. The smallest absolute Gasteiger partial charge is 0.119 e. The first kappa shape index (κ1) is 11.9. The highest BCUT2D eigenvalue weighted by Gasteiger charge is 2.54. The molecule has 16 heavy (non-hydrogen) atoms. The Balaban J connectivity index is 2.48. The summed E-state index contributed by atoms with van der Waals surface area (Å²) in [7, 11) is 1.69. The van der Waals surface area contributed by atoms with Gasteiger partial charge < -0.3 is 10.5 Å². The van der Waals surface area contributed by atoms with Crippen LogP contribution in [0.4, 0.5) is 0 Å². The molecule has 2 nitrogen and oxygen atoms in total. The molecule has 1 aromatic rings. The van der Waals surface area contributed by atoms with Gasteiger partial charge in [0.05, 0.1) is 7.11 Å². The van der Waals surface area contributed by atoms with E-state index in [4.69, 9.17) is 10.5 Å². The predicted octanol–water partition coefficient (Wildman–Crippen LogP) is 3.23. The highest BCUT2D eigenvalue weighted by molar-refractivity contribution is 9.10. The van der Waals surface area contributed by atoms with Gasteiger partial charge in [-0.3, -0.25) is 0 Å². The third kappa shape index (κ3) is 1.76. The van der Waals surface area contributed by atoms with Gasteiger partial charge in [-0.2, -0.15) is 0 Å². The third-order valence-corrected chi connectivity index (χ3v) is 4.36. The number of nitrogens with two attached hydrogens (primary N) is 1. The van der Waals surface area contributed by atoms with Crippen molar-refractivity contribution in [3.63, 3.8) is 0 Å². The fourth-order valence-corrected chi connectivity index (χ4v) is 3.01. The molecule has 1 aliphatic carbocycles. The molecule has 1 aromatic carbocycles. The fourth-order valence-electron chi connectivity index (χ4n) is 2.38. The molecule has 88 valence electrons. The highest BCUT2D eigenvalue weighted by atomic mass is 79.9. The van der Waals surface area contributed by atoms with Crippen LogP contribution >= 0.6 is 15.9 Å². The first-order valence-corrected chi connectivity index (χ1v) is 6.33. The van der Waals surface area contributed by atoms with Crippen LogP contribution in [0.25, 0.3) is 0 Å². The van der Waals surface area contributed by atoms with Crippen LogP contribution in [0.2, 0.25) is 0 Å². The third-order valence-electron chi connectivity index (χ3n) is 3.67. The maximum absolute atomic E-state index is 6.31. The Kier molecular flexibility index (Phi) is 2.79. The second-order valence-electron chi connectivity index (χ2n) is 5.15. The lowest BCUT2D eigenvalue weighted by Crippen LogP contribution is -2.45. The van der Waals surface area contributed by atoms with Gasteiger partial charge in [0.25, 0.3) is 0 Å². The minimum absolute atomic E-state index is 0.111. The van der Waals surface area contributed by atoms with Crippen LogP contribution < -0.4 is 10.5 Å². The Morgan fingerprint density at radius 2 is 2.00 bits per heavy atom. The molecule has 1 aliphatic rings. The van der Waals surface area contributed by atoms with Gasteiger partial charge >= 0.3 is 0 Å². The van der Waals surface area contributed by atoms with Gasteiger partial charge in [-0.25, -0.2) is 0 Å². The molecule has 0 saturated heterocycles. The molecule has 0 aromatic heterocycles. The fraction of sp³-hybridized carbons (Fsp3) is 0.538. The van der Waals surface area contributed by atoms with Gasteiger partial charge in [-0.1, -0.05) is 15.9 Å². The molecule has 0 atom stereocenters. The van der Waals surface area contributed by atoms with Gasteiger partial charge in [0.2, 0.25) is 0 Å². The van der Waals surface area contributed by atoms with E-state index in [-0.39, 0.29) is 11.0 Å². The van der Waals surface area contributed by atoms with Crippen molar-refractivity contribution in [2.75, 3.05) is 7.11 Å². The second kappa shape index (κ2) is 3.74. The highest BCUT2D eigenvalue weighted by Crippen LogP contribution is 2.56. The molecule has 0 heterocycles. The molecule has 0 radical (unpaired) electrons. The van der Waals surface area contributed by atoms with Crippen molar-refractivity contribution in [2.45, 2.75) is 37.6 Å². The Morgan fingerprint density at radius 3 is 2.44 bits per heavy atom. The zero-order valence-corrected chi connectivity index (χ0v) is 11.6. The lowest BCUT2D eigenvalue weighted by molar-refractivity contribution is 0.384. The van der Waals surface area contributed by atoms with Crippen molar-refractivity contribution in [1.82, 2.24) is 0 Å². The molecule has 0 bridgehead atoms. The zero-order valence-electron chi connectivity index (χ0n) is 10.0. The van der Waals surface area contributed by atoms with E-state index in [0.717, 1.165) is 23.1 Å². The molecule has 0 amide bonds. The van der Waals surface area contributed by atoms with Crippen molar-refractivity contribution in [1.29, 1.82) is 0 Å². The van der Waals surface area contributed by atoms with E-state index >= 15 is 0 Å². The number of hydrogen-bond acceptors (Lipinski definition) is 2. The van der Waals surface area contributed by atoms with E-state index < -0.39 is 0 Å². The minimum Gasteiger partial charge on any atom is -0.497 e. The van der Waals surface area contributed by atoms with Gasteiger partial charge in [-0.15, -0.1) is 0 Å². The van der Waals surface area contributed by atoms with Gasteiger partial charge in [0, 0.05) is 15.4 Å². The Labute approximate surface area is 105 Å². The second-order valence-corrected chi connectivity index (χ2v) is 6.00. The number of methoxy groups -OCH3 is 1. The molecule has 0 aliphatic heterocycles. The summed E-state index contributed by atoms with van der Waals surface area (Å²) in [5, 5.41) is 0. The molecular formula is C13H18BrNO. The Hall–Kier alpha value is -0.540. The monoisotopic (exact) mass is 283 g/mol. The number of rotatable bonds is 3. The Morgan fingerprint density at radius 1 is 1.38 bits per heavy atom. The van der Waals surface area contributed by atoms with Gasteiger partial charge in [0.15, 0.2) is 0 Å². The summed E-state index contributed by atoms with van der Waals surface area (Å²) >= 11 is 3.62. The van der Waals surface area contributed by atoms with E-state index in [1.165, 1.54) is 5.56 Å². The number of hydrogen-bond donors (Lipinski definition) is 1. The number of ether oxygens (including phenoxy) is 1. The van der Waals surface area contributed by atoms with Crippen LogP contribution in [0.15, 0.2) is 22.7 Å². The van der Waals surface area contributed by atoms with Crippen LogP contribution in [0.3, 0.4) is 0 Å². The molecule has 1 fully saturated rings. The summed E-state index contributed by atoms with van der Waals surface area (Å²) in [5.41, 5.74) is 7.50. The lowest BCUT2D eigenvalue weighted by Gasteiger charge is -2.32. The largest absolute Gasteiger partial charge is 0.497 e. The van der Waals surface area contributed by atoms with E-state index in [9.17, 15) is 0 Å². The summed E-state index contributed by atoms with van der Waals surface area (Å²) < 4.78 is 6.41. The first-order valence-electron chi connectivity index (χ1n) is 5.54. The maximum Gasteiger partial charge on any atom is 0.119 e. The normalized spacial score (nSPS) is 18.3. The van der Waals surface area contributed by atoms with Crippen LogP contribution in [0, 0.1) is 0 Å². The molecular weight excluding hydrogens is 266 g/mol. The first-order chi connectivity index (χ1) is 7.40. The van der Waals surface area contributed by atoms with E-state index in [1.807, 2.05) is 12.1 Å². The van der Waals surface area contributed by atoms with Gasteiger partial charge in [0.1, 0.15) is 5.75 Å². The van der Waals surface area contributed by atoms with Crippen molar-refractivity contribution in [3.8, 4) is 5.75 Å². The molecule has 3 heteroatoms. The summed E-state index contributed by atoms with van der Waals surface area (Å²) in [6, 6.07) is 6.11. The quantitative estimate of drug-likeness (QED) is 0.925. The SMILES string of the molecule is COc1ccc(Br)c(C2(C(C)(C)N)CC2)c1. The number of halogens is 1. The van der Waals surface area contributed by atoms with Crippen molar-refractivity contribution in [2.24, 2.45) is 5.73 Å². The van der Waals surface area contributed by atoms with Crippen molar-refractivity contribution < 1.29 is 4.74 Å². The Bertz CT molecular complexity index is 405.